The number of nitrogens with two attached hydrogens (primary N) is 1. The third-order valence-corrected chi connectivity index (χ3v) is 2.84. The van der Waals surface area contributed by atoms with Crippen molar-refractivity contribution in [3.8, 4) is 5.69 Å². The molecule has 15 heavy (non-hydrogen) atoms. The highest BCUT2D eigenvalue weighted by Crippen LogP contribution is 2.20. The standard InChI is InChI=1S/C11H12BrN3/c1-8-14-4-5-15(8)11-3-2-10(12)6-9(11)7-13/h2-6H,7,13H2,1H3. The summed E-state index contributed by atoms with van der Waals surface area (Å²) < 4.78 is 3.08. The quantitative estimate of drug-likeness (QED) is 0.907. The summed E-state index contributed by atoms with van der Waals surface area (Å²) in [6.45, 7) is 2.49. The Hall–Kier alpha value is -1.13. The van der Waals surface area contributed by atoms with Crippen molar-refractivity contribution < 1.29 is 0 Å². The maximum atomic E-state index is 5.72. The number of aryl methyl sites for hydroxylation is 1. The molecule has 2 rings (SSSR count). The summed E-state index contributed by atoms with van der Waals surface area (Å²) in [6.07, 6.45) is 3.73. The second-order valence-electron chi connectivity index (χ2n) is 3.32. The van der Waals surface area contributed by atoms with E-state index in [0.29, 0.717) is 6.54 Å². The molecule has 1 aromatic heterocycles. The van der Waals surface area contributed by atoms with Gasteiger partial charge in [-0.25, -0.2) is 4.98 Å². The lowest BCUT2D eigenvalue weighted by atomic mass is 10.2. The van der Waals surface area contributed by atoms with Crippen LogP contribution in [0.15, 0.2) is 35.1 Å². The first-order valence-electron chi connectivity index (χ1n) is 4.71. The number of imidazole rings is 1. The van der Waals surface area contributed by atoms with Gasteiger partial charge in [-0.1, -0.05) is 15.9 Å². The van der Waals surface area contributed by atoms with Crippen LogP contribution in [0.5, 0.6) is 0 Å². The van der Waals surface area contributed by atoms with Gasteiger partial charge in [-0.2, -0.15) is 0 Å². The van der Waals surface area contributed by atoms with Crippen LogP contribution in [0.1, 0.15) is 11.4 Å². The summed E-state index contributed by atoms with van der Waals surface area (Å²) in [7, 11) is 0. The third kappa shape index (κ3) is 1.96. The lowest BCUT2D eigenvalue weighted by Gasteiger charge is -2.10. The van der Waals surface area contributed by atoms with Crippen LogP contribution in [0.2, 0.25) is 0 Å². The Morgan fingerprint density at radius 1 is 1.47 bits per heavy atom. The van der Waals surface area contributed by atoms with Gasteiger partial charge in [0.2, 0.25) is 0 Å². The Bertz CT molecular complexity index is 476. The van der Waals surface area contributed by atoms with Crippen LogP contribution in [-0.2, 0) is 6.54 Å². The highest BCUT2D eigenvalue weighted by molar-refractivity contribution is 9.10. The molecule has 1 heterocycles. The van der Waals surface area contributed by atoms with E-state index in [9.17, 15) is 0 Å². The van der Waals surface area contributed by atoms with Gasteiger partial charge < -0.3 is 10.3 Å². The summed E-state index contributed by atoms with van der Waals surface area (Å²) in [5, 5.41) is 0. The van der Waals surface area contributed by atoms with Crippen LogP contribution in [0.25, 0.3) is 5.69 Å². The lowest BCUT2D eigenvalue weighted by Crippen LogP contribution is -2.05. The van der Waals surface area contributed by atoms with Gasteiger partial charge in [0.15, 0.2) is 0 Å². The van der Waals surface area contributed by atoms with Crippen LogP contribution >= 0.6 is 15.9 Å². The molecule has 3 nitrogen and oxygen atoms in total. The summed E-state index contributed by atoms with van der Waals surface area (Å²) in [6, 6.07) is 6.09. The van der Waals surface area contributed by atoms with Crippen LogP contribution in [0, 0.1) is 6.92 Å². The minimum absolute atomic E-state index is 0.520. The van der Waals surface area contributed by atoms with Crippen LogP contribution in [0.3, 0.4) is 0 Å². The van der Waals surface area contributed by atoms with E-state index in [1.165, 1.54) is 0 Å². The molecule has 0 spiro atoms. The Balaban J connectivity index is 2.58. The molecule has 2 aromatic rings. The first-order chi connectivity index (χ1) is 7.22. The molecule has 0 atom stereocenters. The Morgan fingerprint density at radius 2 is 2.27 bits per heavy atom. The van der Waals surface area contributed by atoms with Gasteiger partial charge in [0.05, 0.1) is 5.69 Å². The van der Waals surface area contributed by atoms with Crippen molar-refractivity contribution in [2.45, 2.75) is 13.5 Å². The Labute approximate surface area is 97.1 Å². The molecule has 78 valence electrons. The molecule has 0 aliphatic carbocycles. The van der Waals surface area contributed by atoms with Gasteiger partial charge >= 0.3 is 0 Å². The average Bonchev–Trinajstić information content (AvgIpc) is 2.64. The molecule has 0 amide bonds. The van der Waals surface area contributed by atoms with Gasteiger partial charge in [-0.3, -0.25) is 0 Å². The van der Waals surface area contributed by atoms with E-state index in [1.54, 1.807) is 6.20 Å². The van der Waals surface area contributed by atoms with Crippen molar-refractivity contribution in [1.82, 2.24) is 9.55 Å². The number of rotatable bonds is 2. The van der Waals surface area contributed by atoms with E-state index in [2.05, 4.69) is 20.9 Å². The number of halogens is 1. The molecule has 0 saturated carbocycles. The summed E-state index contributed by atoms with van der Waals surface area (Å²) >= 11 is 3.44. The molecule has 0 bridgehead atoms. The fourth-order valence-electron chi connectivity index (χ4n) is 1.59. The molecule has 0 fully saturated rings. The normalized spacial score (nSPS) is 10.6. The summed E-state index contributed by atoms with van der Waals surface area (Å²) in [5.41, 5.74) is 7.92. The monoisotopic (exact) mass is 265 g/mol. The SMILES string of the molecule is Cc1nccn1-c1ccc(Br)cc1CN. The van der Waals surface area contributed by atoms with E-state index in [0.717, 1.165) is 21.5 Å². The lowest BCUT2D eigenvalue weighted by molar-refractivity contribution is 0.936. The maximum Gasteiger partial charge on any atom is 0.110 e. The number of nitrogens with zero attached hydrogens (tertiary/aromatic N) is 2. The van der Waals surface area contributed by atoms with Crippen LogP contribution in [-0.4, -0.2) is 9.55 Å². The fourth-order valence-corrected chi connectivity index (χ4v) is 1.99. The average molecular weight is 266 g/mol. The zero-order chi connectivity index (χ0) is 10.8. The zero-order valence-electron chi connectivity index (χ0n) is 8.44. The van der Waals surface area contributed by atoms with Crippen molar-refractivity contribution in [3.63, 3.8) is 0 Å². The van der Waals surface area contributed by atoms with Crippen LogP contribution in [0.4, 0.5) is 0 Å². The zero-order valence-corrected chi connectivity index (χ0v) is 10.0. The Morgan fingerprint density at radius 3 is 2.87 bits per heavy atom. The van der Waals surface area contributed by atoms with Crippen molar-refractivity contribution in [3.05, 3.63) is 46.5 Å². The van der Waals surface area contributed by atoms with Crippen molar-refractivity contribution in [2.75, 3.05) is 0 Å². The predicted molar refractivity (Wildman–Crippen MR) is 63.9 cm³/mol. The van der Waals surface area contributed by atoms with Gasteiger partial charge in [-0.15, -0.1) is 0 Å². The second kappa shape index (κ2) is 4.16. The summed E-state index contributed by atoms with van der Waals surface area (Å²) in [4.78, 5) is 4.20. The Kier molecular flexibility index (Phi) is 2.88. The number of hydrogen-bond donors (Lipinski definition) is 1. The van der Waals surface area contributed by atoms with E-state index in [1.807, 2.05) is 35.9 Å². The molecular weight excluding hydrogens is 254 g/mol. The van der Waals surface area contributed by atoms with Gasteiger partial charge in [0, 0.05) is 23.4 Å². The maximum absolute atomic E-state index is 5.72. The molecule has 0 radical (unpaired) electrons. The first-order valence-corrected chi connectivity index (χ1v) is 5.50. The topological polar surface area (TPSA) is 43.8 Å². The largest absolute Gasteiger partial charge is 0.326 e. The first kappa shape index (κ1) is 10.4. The predicted octanol–water partition coefficient (Wildman–Crippen LogP) is 2.40. The molecular formula is C11H12BrN3. The molecule has 0 aliphatic heterocycles. The van der Waals surface area contributed by atoms with Gasteiger partial charge in [0.1, 0.15) is 5.82 Å². The van der Waals surface area contributed by atoms with Crippen LogP contribution < -0.4 is 5.73 Å². The molecule has 1 aromatic carbocycles. The highest BCUT2D eigenvalue weighted by atomic mass is 79.9. The second-order valence-corrected chi connectivity index (χ2v) is 4.24. The third-order valence-electron chi connectivity index (χ3n) is 2.35. The number of benzene rings is 1. The minimum Gasteiger partial charge on any atom is -0.326 e. The molecule has 4 heteroatoms. The van der Waals surface area contributed by atoms with Crippen molar-refractivity contribution >= 4 is 15.9 Å². The van der Waals surface area contributed by atoms with E-state index in [-0.39, 0.29) is 0 Å². The molecule has 0 aliphatic rings. The molecule has 0 saturated heterocycles. The van der Waals surface area contributed by atoms with E-state index >= 15 is 0 Å². The molecule has 2 N–H and O–H groups in total. The number of aromatic nitrogens is 2. The van der Waals surface area contributed by atoms with Crippen molar-refractivity contribution in [2.24, 2.45) is 5.73 Å². The number of hydrogen-bond acceptors (Lipinski definition) is 2. The summed E-state index contributed by atoms with van der Waals surface area (Å²) in [5.74, 6) is 0.965. The van der Waals surface area contributed by atoms with Gasteiger partial charge in [-0.05, 0) is 30.7 Å². The van der Waals surface area contributed by atoms with E-state index < -0.39 is 0 Å². The minimum atomic E-state index is 0.520. The molecule has 0 unspecified atom stereocenters. The van der Waals surface area contributed by atoms with E-state index in [4.69, 9.17) is 5.73 Å². The fraction of sp³-hybridized carbons (Fsp3) is 0.182. The highest BCUT2D eigenvalue weighted by Gasteiger charge is 2.05. The van der Waals surface area contributed by atoms with Crippen molar-refractivity contribution in [1.29, 1.82) is 0 Å². The smallest absolute Gasteiger partial charge is 0.110 e. The van der Waals surface area contributed by atoms with Gasteiger partial charge in [0.25, 0.3) is 0 Å².